The highest BCUT2D eigenvalue weighted by Gasteiger charge is 2.07. The average Bonchev–Trinajstić information content (AvgIpc) is 2.16. The molecule has 3 heteroatoms. The van der Waals surface area contributed by atoms with Crippen molar-refractivity contribution in [3.8, 4) is 6.07 Å². The second kappa shape index (κ2) is 3.81. The number of nitrogens with two attached hydrogens (primary N) is 1. The third kappa shape index (κ3) is 1.73. The summed E-state index contributed by atoms with van der Waals surface area (Å²) >= 11 is 0. The lowest BCUT2D eigenvalue weighted by Crippen LogP contribution is -2.17. The summed E-state index contributed by atoms with van der Waals surface area (Å²) in [6, 6.07) is 7.61. The highest BCUT2D eigenvalue weighted by atomic mass is 15.1. The number of hydrogen-bond donors (Lipinski definition) is 1. The van der Waals surface area contributed by atoms with Crippen molar-refractivity contribution in [3.63, 3.8) is 0 Å². The lowest BCUT2D eigenvalue weighted by Gasteiger charge is -2.18. The van der Waals surface area contributed by atoms with E-state index < -0.39 is 0 Å². The molecule has 0 unspecified atom stereocenters. The van der Waals surface area contributed by atoms with Gasteiger partial charge in [-0.05, 0) is 19.1 Å². The maximum Gasteiger partial charge on any atom is 0.104 e. The standard InChI is InChI=1S/C10H13N3/c1-3-13(2)10-6-4-5-9(12)8(10)7-11/h4-6H,3,12H2,1-2H3. The van der Waals surface area contributed by atoms with Gasteiger partial charge in [0.25, 0.3) is 0 Å². The monoisotopic (exact) mass is 175 g/mol. The summed E-state index contributed by atoms with van der Waals surface area (Å²) in [4.78, 5) is 1.99. The second-order valence-electron chi connectivity index (χ2n) is 2.87. The summed E-state index contributed by atoms with van der Waals surface area (Å²) in [5.74, 6) is 0. The quantitative estimate of drug-likeness (QED) is 0.694. The lowest BCUT2D eigenvalue weighted by molar-refractivity contribution is 0.966. The molecule has 0 amide bonds. The predicted molar refractivity (Wildman–Crippen MR) is 54.5 cm³/mol. The molecule has 0 radical (unpaired) electrons. The van der Waals surface area contributed by atoms with Crippen molar-refractivity contribution in [3.05, 3.63) is 23.8 Å². The van der Waals surface area contributed by atoms with Crippen LogP contribution in [-0.2, 0) is 0 Å². The normalized spacial score (nSPS) is 9.31. The summed E-state index contributed by atoms with van der Waals surface area (Å²) in [6.07, 6.45) is 0. The van der Waals surface area contributed by atoms with Crippen LogP contribution in [0.3, 0.4) is 0 Å². The predicted octanol–water partition coefficient (Wildman–Crippen LogP) is 1.60. The third-order valence-corrected chi connectivity index (χ3v) is 2.07. The summed E-state index contributed by atoms with van der Waals surface area (Å²) in [5, 5.41) is 8.89. The Morgan fingerprint density at radius 3 is 2.77 bits per heavy atom. The first-order chi connectivity index (χ1) is 6.20. The Morgan fingerprint density at radius 1 is 1.54 bits per heavy atom. The van der Waals surface area contributed by atoms with Crippen LogP contribution in [0.25, 0.3) is 0 Å². The number of hydrogen-bond acceptors (Lipinski definition) is 3. The number of benzene rings is 1. The van der Waals surface area contributed by atoms with Crippen molar-refractivity contribution in [1.82, 2.24) is 0 Å². The molecule has 0 bridgehead atoms. The number of nitriles is 1. The molecule has 0 fully saturated rings. The van der Waals surface area contributed by atoms with E-state index in [1.807, 2.05) is 31.0 Å². The second-order valence-corrected chi connectivity index (χ2v) is 2.87. The molecule has 1 aromatic carbocycles. The smallest absolute Gasteiger partial charge is 0.104 e. The van der Waals surface area contributed by atoms with Crippen LogP contribution in [0.2, 0.25) is 0 Å². The van der Waals surface area contributed by atoms with Gasteiger partial charge in [0.2, 0.25) is 0 Å². The van der Waals surface area contributed by atoms with E-state index in [-0.39, 0.29) is 0 Å². The van der Waals surface area contributed by atoms with Gasteiger partial charge in [-0.25, -0.2) is 0 Å². The molecular weight excluding hydrogens is 162 g/mol. The SMILES string of the molecule is CCN(C)c1cccc(N)c1C#N. The zero-order valence-corrected chi connectivity index (χ0v) is 7.91. The van der Waals surface area contributed by atoms with Gasteiger partial charge in [0.1, 0.15) is 6.07 Å². The molecule has 0 saturated heterocycles. The van der Waals surface area contributed by atoms with Crippen LogP contribution in [-0.4, -0.2) is 13.6 Å². The topological polar surface area (TPSA) is 53.0 Å². The molecule has 13 heavy (non-hydrogen) atoms. The van der Waals surface area contributed by atoms with Crippen molar-refractivity contribution in [1.29, 1.82) is 5.26 Å². The molecule has 0 spiro atoms. The minimum Gasteiger partial charge on any atom is -0.398 e. The minimum atomic E-state index is 0.542. The molecule has 0 atom stereocenters. The molecule has 3 nitrogen and oxygen atoms in total. The minimum absolute atomic E-state index is 0.542. The summed E-state index contributed by atoms with van der Waals surface area (Å²) in [6.45, 7) is 2.89. The zero-order chi connectivity index (χ0) is 9.84. The summed E-state index contributed by atoms with van der Waals surface area (Å²) < 4.78 is 0. The molecular formula is C10H13N3. The molecule has 68 valence electrons. The van der Waals surface area contributed by atoms with Gasteiger partial charge in [-0.2, -0.15) is 5.26 Å². The Kier molecular flexibility index (Phi) is 2.76. The van der Waals surface area contributed by atoms with Gasteiger partial charge in [0.05, 0.1) is 16.9 Å². The fourth-order valence-electron chi connectivity index (χ4n) is 1.17. The summed E-state index contributed by atoms with van der Waals surface area (Å²) in [5.41, 5.74) is 7.67. The van der Waals surface area contributed by atoms with E-state index in [1.54, 1.807) is 6.07 Å². The highest BCUT2D eigenvalue weighted by molar-refractivity contribution is 5.69. The Balaban J connectivity index is 3.22. The Bertz CT molecular complexity index is 339. The van der Waals surface area contributed by atoms with Crippen molar-refractivity contribution in [2.45, 2.75) is 6.92 Å². The molecule has 2 N–H and O–H groups in total. The van der Waals surface area contributed by atoms with E-state index in [4.69, 9.17) is 11.0 Å². The van der Waals surface area contributed by atoms with Crippen LogP contribution in [0.4, 0.5) is 11.4 Å². The Morgan fingerprint density at radius 2 is 2.23 bits per heavy atom. The van der Waals surface area contributed by atoms with Gasteiger partial charge in [-0.1, -0.05) is 6.07 Å². The fraction of sp³-hybridized carbons (Fsp3) is 0.300. The number of nitrogen functional groups attached to an aromatic ring is 1. The van der Waals surface area contributed by atoms with E-state index in [0.717, 1.165) is 12.2 Å². The van der Waals surface area contributed by atoms with Gasteiger partial charge in [-0.15, -0.1) is 0 Å². The first-order valence-corrected chi connectivity index (χ1v) is 4.20. The van der Waals surface area contributed by atoms with Crippen LogP contribution in [0.5, 0.6) is 0 Å². The van der Waals surface area contributed by atoms with Gasteiger partial charge in [-0.3, -0.25) is 0 Å². The Hall–Kier alpha value is -1.69. The molecule has 0 aliphatic carbocycles. The van der Waals surface area contributed by atoms with Crippen molar-refractivity contribution >= 4 is 11.4 Å². The molecule has 1 aromatic rings. The van der Waals surface area contributed by atoms with Crippen LogP contribution >= 0.6 is 0 Å². The Labute approximate surface area is 78.4 Å². The van der Waals surface area contributed by atoms with Crippen molar-refractivity contribution in [2.75, 3.05) is 24.2 Å². The van der Waals surface area contributed by atoms with E-state index >= 15 is 0 Å². The van der Waals surface area contributed by atoms with Crippen molar-refractivity contribution < 1.29 is 0 Å². The largest absolute Gasteiger partial charge is 0.398 e. The van der Waals surface area contributed by atoms with Gasteiger partial charge >= 0.3 is 0 Å². The molecule has 1 rings (SSSR count). The highest BCUT2D eigenvalue weighted by Crippen LogP contribution is 2.23. The maximum absolute atomic E-state index is 8.89. The number of anilines is 2. The van der Waals surface area contributed by atoms with Crippen LogP contribution in [0, 0.1) is 11.3 Å². The maximum atomic E-state index is 8.89. The third-order valence-electron chi connectivity index (χ3n) is 2.07. The van der Waals surface area contributed by atoms with Gasteiger partial charge in [0, 0.05) is 13.6 Å². The summed E-state index contributed by atoms with van der Waals surface area (Å²) in [7, 11) is 1.94. The van der Waals surface area contributed by atoms with Gasteiger partial charge in [0.15, 0.2) is 0 Å². The average molecular weight is 175 g/mol. The zero-order valence-electron chi connectivity index (χ0n) is 7.91. The van der Waals surface area contributed by atoms with E-state index in [0.29, 0.717) is 11.3 Å². The molecule has 0 heterocycles. The van der Waals surface area contributed by atoms with E-state index in [2.05, 4.69) is 6.07 Å². The molecule has 0 saturated carbocycles. The van der Waals surface area contributed by atoms with Gasteiger partial charge < -0.3 is 10.6 Å². The lowest BCUT2D eigenvalue weighted by atomic mass is 10.1. The molecule has 0 aromatic heterocycles. The molecule has 0 aliphatic rings. The first kappa shape index (κ1) is 9.40. The van der Waals surface area contributed by atoms with Crippen molar-refractivity contribution in [2.24, 2.45) is 0 Å². The molecule has 0 aliphatic heterocycles. The van der Waals surface area contributed by atoms with E-state index in [1.165, 1.54) is 0 Å². The number of nitrogens with zero attached hydrogens (tertiary/aromatic N) is 2. The van der Waals surface area contributed by atoms with Crippen LogP contribution in [0.15, 0.2) is 18.2 Å². The van der Waals surface area contributed by atoms with Crippen LogP contribution < -0.4 is 10.6 Å². The first-order valence-electron chi connectivity index (χ1n) is 4.20. The van der Waals surface area contributed by atoms with Crippen LogP contribution in [0.1, 0.15) is 12.5 Å². The number of rotatable bonds is 2. The fourth-order valence-corrected chi connectivity index (χ4v) is 1.17. The van der Waals surface area contributed by atoms with E-state index in [9.17, 15) is 0 Å².